The highest BCUT2D eigenvalue weighted by Crippen LogP contribution is 2.41. The van der Waals surface area contributed by atoms with Gasteiger partial charge in [-0.25, -0.2) is 0 Å². The minimum Gasteiger partial charge on any atom is -0.272 e. The number of hydrogen-bond donors (Lipinski definition) is 0. The van der Waals surface area contributed by atoms with Crippen LogP contribution in [0.2, 0.25) is 0 Å². The third kappa shape index (κ3) is 1.84. The molecule has 0 unspecified atom stereocenters. The molecule has 1 aliphatic carbocycles. The third-order valence-corrected chi connectivity index (χ3v) is 3.62. The third-order valence-electron chi connectivity index (χ3n) is 3.62. The van der Waals surface area contributed by atoms with Crippen molar-refractivity contribution < 1.29 is 0 Å². The highest BCUT2D eigenvalue weighted by molar-refractivity contribution is 5.09. The molecule has 0 aliphatic heterocycles. The number of rotatable bonds is 1. The molecule has 0 N–H and O–H groups in total. The zero-order valence-electron chi connectivity index (χ0n) is 9.45. The zero-order chi connectivity index (χ0) is 10.2. The summed E-state index contributed by atoms with van der Waals surface area (Å²) in [5.74, 6) is 0.746. The van der Waals surface area contributed by atoms with Crippen molar-refractivity contribution in [2.75, 3.05) is 0 Å². The van der Waals surface area contributed by atoms with Gasteiger partial charge in [-0.2, -0.15) is 5.10 Å². The van der Waals surface area contributed by atoms with Gasteiger partial charge in [0.15, 0.2) is 0 Å². The number of hydrogen-bond acceptors (Lipinski definition) is 1. The van der Waals surface area contributed by atoms with E-state index in [-0.39, 0.29) is 0 Å². The highest BCUT2D eigenvalue weighted by Gasteiger charge is 2.28. The van der Waals surface area contributed by atoms with E-state index in [0.717, 1.165) is 5.92 Å². The lowest BCUT2D eigenvalue weighted by atomic mass is 9.72. The molecule has 0 aromatic carbocycles. The Balaban J connectivity index is 2.06. The van der Waals surface area contributed by atoms with Crippen molar-refractivity contribution in [1.82, 2.24) is 9.78 Å². The summed E-state index contributed by atoms with van der Waals surface area (Å²) in [7, 11) is 2.05. The first-order valence-electron chi connectivity index (χ1n) is 5.56. The van der Waals surface area contributed by atoms with E-state index >= 15 is 0 Å². The summed E-state index contributed by atoms with van der Waals surface area (Å²) in [5.41, 5.74) is 1.98. The highest BCUT2D eigenvalue weighted by atomic mass is 15.3. The average Bonchev–Trinajstić information content (AvgIpc) is 2.52. The van der Waals surface area contributed by atoms with Crippen molar-refractivity contribution in [1.29, 1.82) is 0 Å². The molecule has 1 heterocycles. The first kappa shape index (κ1) is 9.75. The average molecular weight is 192 g/mol. The molecule has 1 fully saturated rings. The van der Waals surface area contributed by atoms with Crippen LogP contribution in [0.5, 0.6) is 0 Å². The van der Waals surface area contributed by atoms with Crippen molar-refractivity contribution in [3.05, 3.63) is 18.0 Å². The van der Waals surface area contributed by atoms with Crippen LogP contribution in [0.25, 0.3) is 0 Å². The van der Waals surface area contributed by atoms with Crippen molar-refractivity contribution in [3.63, 3.8) is 0 Å². The molecular weight excluding hydrogens is 172 g/mol. The molecule has 0 spiro atoms. The van der Waals surface area contributed by atoms with Gasteiger partial charge >= 0.3 is 0 Å². The van der Waals surface area contributed by atoms with Gasteiger partial charge < -0.3 is 0 Å². The molecule has 2 nitrogen and oxygen atoms in total. The molecule has 0 radical (unpaired) electrons. The van der Waals surface area contributed by atoms with Crippen molar-refractivity contribution in [2.24, 2.45) is 12.5 Å². The van der Waals surface area contributed by atoms with Crippen LogP contribution >= 0.6 is 0 Å². The molecule has 1 aromatic heterocycles. The van der Waals surface area contributed by atoms with Gasteiger partial charge in [-0.3, -0.25) is 4.68 Å². The minimum absolute atomic E-state index is 0.565. The van der Waals surface area contributed by atoms with Crippen LogP contribution in [0.4, 0.5) is 0 Å². The van der Waals surface area contributed by atoms with Crippen molar-refractivity contribution >= 4 is 0 Å². The second kappa shape index (κ2) is 3.41. The van der Waals surface area contributed by atoms with Gasteiger partial charge in [0.05, 0.1) is 0 Å². The van der Waals surface area contributed by atoms with Gasteiger partial charge in [0.25, 0.3) is 0 Å². The van der Waals surface area contributed by atoms with E-state index in [2.05, 4.69) is 32.1 Å². The van der Waals surface area contributed by atoms with Gasteiger partial charge in [-0.05, 0) is 37.2 Å². The van der Waals surface area contributed by atoms with E-state index in [1.54, 1.807) is 0 Å². The van der Waals surface area contributed by atoms with Crippen molar-refractivity contribution in [2.45, 2.75) is 45.4 Å². The van der Waals surface area contributed by atoms with Crippen LogP contribution in [0.15, 0.2) is 12.3 Å². The molecule has 0 saturated heterocycles. The van der Waals surface area contributed by atoms with Gasteiger partial charge in [0.1, 0.15) is 0 Å². The lowest BCUT2D eigenvalue weighted by Crippen LogP contribution is -2.21. The normalized spacial score (nSPS) is 22.5. The van der Waals surface area contributed by atoms with Gasteiger partial charge in [0, 0.05) is 24.9 Å². The molecule has 0 atom stereocenters. The maximum atomic E-state index is 4.24. The number of aromatic nitrogens is 2. The SMILES string of the molecule is Cn1nccc1C1CCC(C)(C)CC1. The standard InChI is InChI=1S/C12H20N2/c1-12(2)7-4-10(5-8-12)11-6-9-13-14(11)3/h6,9-10H,4-5,7-8H2,1-3H3. The zero-order valence-corrected chi connectivity index (χ0v) is 9.45. The quantitative estimate of drug-likeness (QED) is 0.668. The summed E-state index contributed by atoms with van der Waals surface area (Å²) >= 11 is 0. The van der Waals surface area contributed by atoms with E-state index < -0.39 is 0 Å². The fourth-order valence-corrected chi connectivity index (χ4v) is 2.48. The molecule has 78 valence electrons. The van der Waals surface area contributed by atoms with Gasteiger partial charge in [-0.1, -0.05) is 13.8 Å². The fraction of sp³-hybridized carbons (Fsp3) is 0.750. The van der Waals surface area contributed by atoms with E-state index in [4.69, 9.17) is 0 Å². The second-order valence-corrected chi connectivity index (χ2v) is 5.32. The van der Waals surface area contributed by atoms with Crippen LogP contribution in [-0.2, 0) is 7.05 Å². The van der Waals surface area contributed by atoms with E-state index in [1.807, 2.05) is 10.9 Å². The summed E-state index contributed by atoms with van der Waals surface area (Å²) in [6, 6.07) is 2.17. The van der Waals surface area contributed by atoms with Crippen molar-refractivity contribution in [3.8, 4) is 0 Å². The fourth-order valence-electron chi connectivity index (χ4n) is 2.48. The Morgan fingerprint density at radius 3 is 2.50 bits per heavy atom. The van der Waals surface area contributed by atoms with E-state index in [1.165, 1.54) is 31.4 Å². The Morgan fingerprint density at radius 2 is 2.00 bits per heavy atom. The predicted octanol–water partition coefficient (Wildman–Crippen LogP) is 3.10. The molecule has 2 heteroatoms. The van der Waals surface area contributed by atoms with Crippen LogP contribution in [0.1, 0.15) is 51.1 Å². The first-order chi connectivity index (χ1) is 6.58. The molecule has 1 aliphatic rings. The lowest BCUT2D eigenvalue weighted by molar-refractivity contribution is 0.220. The largest absolute Gasteiger partial charge is 0.272 e. The maximum absolute atomic E-state index is 4.24. The molecule has 0 bridgehead atoms. The molecular formula is C12H20N2. The minimum atomic E-state index is 0.565. The van der Waals surface area contributed by atoms with Crippen LogP contribution in [0.3, 0.4) is 0 Å². The summed E-state index contributed by atoms with van der Waals surface area (Å²) in [6.45, 7) is 4.76. The summed E-state index contributed by atoms with van der Waals surface area (Å²) < 4.78 is 2.03. The first-order valence-corrected chi connectivity index (χ1v) is 5.56. The Hall–Kier alpha value is -0.790. The Morgan fingerprint density at radius 1 is 1.36 bits per heavy atom. The Labute approximate surface area is 86.3 Å². The van der Waals surface area contributed by atoms with Crippen LogP contribution in [0, 0.1) is 5.41 Å². The maximum Gasteiger partial charge on any atom is 0.0492 e. The Bertz CT molecular complexity index is 302. The van der Waals surface area contributed by atoms with Gasteiger partial charge in [-0.15, -0.1) is 0 Å². The van der Waals surface area contributed by atoms with Crippen LogP contribution in [-0.4, -0.2) is 9.78 Å². The lowest BCUT2D eigenvalue weighted by Gasteiger charge is -2.34. The van der Waals surface area contributed by atoms with Gasteiger partial charge in [0.2, 0.25) is 0 Å². The molecule has 14 heavy (non-hydrogen) atoms. The number of nitrogens with zero attached hydrogens (tertiary/aromatic N) is 2. The number of aryl methyl sites for hydroxylation is 1. The predicted molar refractivity (Wildman–Crippen MR) is 58.2 cm³/mol. The Kier molecular flexibility index (Phi) is 2.38. The monoisotopic (exact) mass is 192 g/mol. The summed E-state index contributed by atoms with van der Waals surface area (Å²) in [5, 5.41) is 4.24. The summed E-state index contributed by atoms with van der Waals surface area (Å²) in [4.78, 5) is 0. The molecule has 1 aromatic rings. The van der Waals surface area contributed by atoms with Crippen LogP contribution < -0.4 is 0 Å². The van der Waals surface area contributed by atoms with E-state index in [9.17, 15) is 0 Å². The molecule has 0 amide bonds. The molecule has 1 saturated carbocycles. The molecule has 2 rings (SSSR count). The van der Waals surface area contributed by atoms with E-state index in [0.29, 0.717) is 5.41 Å². The summed E-state index contributed by atoms with van der Waals surface area (Å²) in [6.07, 6.45) is 7.26. The smallest absolute Gasteiger partial charge is 0.0492 e. The second-order valence-electron chi connectivity index (χ2n) is 5.32. The topological polar surface area (TPSA) is 17.8 Å².